The fraction of sp³-hybridized carbons (Fsp3) is 0.652. The highest BCUT2D eigenvalue weighted by atomic mass is 16.3. The van der Waals surface area contributed by atoms with Crippen LogP contribution in [0, 0.1) is 5.92 Å². The van der Waals surface area contributed by atoms with Gasteiger partial charge in [-0.3, -0.25) is 9.59 Å². The van der Waals surface area contributed by atoms with Crippen molar-refractivity contribution in [3.63, 3.8) is 0 Å². The predicted octanol–water partition coefficient (Wildman–Crippen LogP) is 2.27. The minimum atomic E-state index is -0.963. The standard InChI is InChI=1S/C23H36N2O4/c1-17-9-7-12-23(2,29)13-8-14-25(3)21(27)16-20(26)19(24-22(17)28)15-18-10-5-4-6-11-18/h4-6,10-11,17,19-20,26,29H,7-9,12-16H2,1-3H3,(H,24,28)/t17?,19-,20-,23-/m0/s1. The van der Waals surface area contributed by atoms with Gasteiger partial charge in [0, 0.05) is 19.5 Å². The number of nitrogens with one attached hydrogen (secondary N) is 1. The van der Waals surface area contributed by atoms with E-state index in [1.165, 1.54) is 0 Å². The number of hydrogen-bond donors (Lipinski definition) is 3. The SMILES string of the molecule is CC1CCC[C@](C)(O)CCCN(C)C(=O)C[C@H](O)[C@H](Cc2ccccc2)NC1=O. The van der Waals surface area contributed by atoms with Crippen LogP contribution in [0.4, 0.5) is 0 Å². The van der Waals surface area contributed by atoms with Crippen LogP contribution in [0.3, 0.4) is 0 Å². The third-order valence-electron chi connectivity index (χ3n) is 5.91. The van der Waals surface area contributed by atoms with Crippen LogP contribution in [0.2, 0.25) is 0 Å². The summed E-state index contributed by atoms with van der Waals surface area (Å²) in [4.78, 5) is 26.9. The van der Waals surface area contributed by atoms with E-state index in [0.29, 0.717) is 38.6 Å². The van der Waals surface area contributed by atoms with Crippen LogP contribution in [0.1, 0.15) is 57.9 Å². The highest BCUT2D eigenvalue weighted by Crippen LogP contribution is 2.22. The van der Waals surface area contributed by atoms with Crippen molar-refractivity contribution >= 4 is 11.8 Å². The first kappa shape index (κ1) is 23.4. The van der Waals surface area contributed by atoms with Crippen LogP contribution in [0.25, 0.3) is 0 Å². The summed E-state index contributed by atoms with van der Waals surface area (Å²) in [7, 11) is 1.72. The molecule has 1 unspecified atom stereocenters. The molecule has 1 heterocycles. The molecule has 0 saturated carbocycles. The Balaban J connectivity index is 2.17. The van der Waals surface area contributed by atoms with Gasteiger partial charge in [0.05, 0.1) is 24.2 Å². The molecular weight excluding hydrogens is 368 g/mol. The molecule has 0 radical (unpaired) electrons. The fourth-order valence-corrected chi connectivity index (χ4v) is 3.82. The molecule has 0 spiro atoms. The topological polar surface area (TPSA) is 89.9 Å². The molecule has 1 fully saturated rings. The molecule has 162 valence electrons. The molecule has 1 aromatic carbocycles. The summed E-state index contributed by atoms with van der Waals surface area (Å²) in [5, 5.41) is 24.3. The van der Waals surface area contributed by atoms with Crippen LogP contribution >= 0.6 is 0 Å². The maximum atomic E-state index is 12.7. The van der Waals surface area contributed by atoms with Crippen molar-refractivity contribution < 1.29 is 19.8 Å². The summed E-state index contributed by atoms with van der Waals surface area (Å²) in [6.07, 6.45) is 2.81. The van der Waals surface area contributed by atoms with Gasteiger partial charge >= 0.3 is 0 Å². The molecule has 2 amide bonds. The van der Waals surface area contributed by atoms with Gasteiger partial charge in [-0.05, 0) is 51.0 Å². The molecule has 3 N–H and O–H groups in total. The zero-order chi connectivity index (χ0) is 21.4. The van der Waals surface area contributed by atoms with Crippen LogP contribution in [0.5, 0.6) is 0 Å². The Bertz CT molecular complexity index is 662. The number of nitrogens with zero attached hydrogens (tertiary/aromatic N) is 1. The highest BCUT2D eigenvalue weighted by Gasteiger charge is 2.28. The van der Waals surface area contributed by atoms with E-state index in [4.69, 9.17) is 0 Å². The molecule has 4 atom stereocenters. The van der Waals surface area contributed by atoms with E-state index in [-0.39, 0.29) is 24.2 Å². The largest absolute Gasteiger partial charge is 0.390 e. The molecule has 1 saturated heterocycles. The molecule has 2 rings (SSSR count). The third-order valence-corrected chi connectivity index (χ3v) is 5.91. The third kappa shape index (κ3) is 7.78. The van der Waals surface area contributed by atoms with Gasteiger partial charge in [0.15, 0.2) is 0 Å². The lowest BCUT2D eigenvalue weighted by molar-refractivity contribution is -0.134. The molecule has 1 aliphatic heterocycles. The zero-order valence-electron chi connectivity index (χ0n) is 17.9. The van der Waals surface area contributed by atoms with E-state index in [9.17, 15) is 19.8 Å². The van der Waals surface area contributed by atoms with Gasteiger partial charge in [-0.25, -0.2) is 0 Å². The van der Waals surface area contributed by atoms with Gasteiger partial charge in [0.2, 0.25) is 11.8 Å². The minimum Gasteiger partial charge on any atom is -0.390 e. The average Bonchev–Trinajstić information content (AvgIpc) is 2.67. The summed E-state index contributed by atoms with van der Waals surface area (Å²) in [6, 6.07) is 9.14. The quantitative estimate of drug-likeness (QED) is 0.705. The number of amides is 2. The van der Waals surface area contributed by atoms with Crippen molar-refractivity contribution in [1.82, 2.24) is 10.2 Å². The summed E-state index contributed by atoms with van der Waals surface area (Å²) in [6.45, 7) is 4.22. The van der Waals surface area contributed by atoms with Crippen molar-refractivity contribution in [2.45, 2.75) is 76.5 Å². The van der Waals surface area contributed by atoms with Gasteiger partial charge in [-0.2, -0.15) is 0 Å². The molecule has 0 bridgehead atoms. The second-order valence-electron chi connectivity index (χ2n) is 8.79. The Morgan fingerprint density at radius 3 is 2.52 bits per heavy atom. The average molecular weight is 405 g/mol. The Morgan fingerprint density at radius 1 is 1.17 bits per heavy atom. The van der Waals surface area contributed by atoms with Gasteiger partial charge in [0.1, 0.15) is 0 Å². The van der Waals surface area contributed by atoms with Crippen LogP contribution in [-0.2, 0) is 16.0 Å². The lowest BCUT2D eigenvalue weighted by Crippen LogP contribution is -2.48. The molecule has 1 aromatic rings. The Morgan fingerprint density at radius 2 is 1.83 bits per heavy atom. The van der Waals surface area contributed by atoms with Crippen molar-refractivity contribution in [3.8, 4) is 0 Å². The maximum Gasteiger partial charge on any atom is 0.224 e. The lowest BCUT2D eigenvalue weighted by Gasteiger charge is -2.27. The summed E-state index contributed by atoms with van der Waals surface area (Å²) < 4.78 is 0. The molecular formula is C23H36N2O4. The fourth-order valence-electron chi connectivity index (χ4n) is 3.82. The lowest BCUT2D eigenvalue weighted by atomic mass is 9.91. The second kappa shape index (κ2) is 10.7. The molecule has 0 aromatic heterocycles. The minimum absolute atomic E-state index is 0.0426. The van der Waals surface area contributed by atoms with E-state index >= 15 is 0 Å². The number of benzene rings is 1. The number of aliphatic hydroxyl groups excluding tert-OH is 1. The first-order chi connectivity index (χ1) is 13.7. The molecule has 6 heteroatoms. The van der Waals surface area contributed by atoms with Crippen LogP contribution in [0.15, 0.2) is 30.3 Å². The predicted molar refractivity (Wildman–Crippen MR) is 113 cm³/mol. The Kier molecular flexibility index (Phi) is 8.65. The van der Waals surface area contributed by atoms with Crippen molar-refractivity contribution in [3.05, 3.63) is 35.9 Å². The van der Waals surface area contributed by atoms with E-state index in [2.05, 4.69) is 5.32 Å². The maximum absolute atomic E-state index is 12.7. The number of hydrogen-bond acceptors (Lipinski definition) is 4. The first-order valence-corrected chi connectivity index (χ1v) is 10.7. The smallest absolute Gasteiger partial charge is 0.224 e. The summed E-state index contributed by atoms with van der Waals surface area (Å²) in [5.74, 6) is -0.507. The van der Waals surface area contributed by atoms with E-state index in [1.54, 1.807) is 11.9 Å². The molecule has 1 aliphatic rings. The van der Waals surface area contributed by atoms with Gasteiger partial charge in [-0.1, -0.05) is 37.3 Å². The highest BCUT2D eigenvalue weighted by molar-refractivity contribution is 5.79. The number of carbonyl (C=O) groups excluding carboxylic acids is 2. The van der Waals surface area contributed by atoms with E-state index < -0.39 is 17.7 Å². The van der Waals surface area contributed by atoms with Crippen molar-refractivity contribution in [1.29, 1.82) is 0 Å². The number of rotatable bonds is 2. The van der Waals surface area contributed by atoms with Gasteiger partial charge in [-0.15, -0.1) is 0 Å². The second-order valence-corrected chi connectivity index (χ2v) is 8.79. The molecule has 6 nitrogen and oxygen atoms in total. The van der Waals surface area contributed by atoms with E-state index in [0.717, 1.165) is 12.0 Å². The number of aliphatic hydroxyl groups is 2. The summed E-state index contributed by atoms with van der Waals surface area (Å²) in [5.41, 5.74) is 0.203. The summed E-state index contributed by atoms with van der Waals surface area (Å²) >= 11 is 0. The van der Waals surface area contributed by atoms with Crippen molar-refractivity contribution in [2.24, 2.45) is 5.92 Å². The van der Waals surface area contributed by atoms with Gasteiger partial charge in [0.25, 0.3) is 0 Å². The van der Waals surface area contributed by atoms with Gasteiger partial charge < -0.3 is 20.4 Å². The van der Waals surface area contributed by atoms with E-state index in [1.807, 2.05) is 44.2 Å². The molecule has 0 aliphatic carbocycles. The first-order valence-electron chi connectivity index (χ1n) is 10.7. The van der Waals surface area contributed by atoms with Crippen LogP contribution in [-0.4, -0.2) is 58.3 Å². The monoisotopic (exact) mass is 404 g/mol. The zero-order valence-corrected chi connectivity index (χ0v) is 17.9. The van der Waals surface area contributed by atoms with Crippen LogP contribution < -0.4 is 5.32 Å². The Hall–Kier alpha value is -1.92. The van der Waals surface area contributed by atoms with Crippen molar-refractivity contribution in [2.75, 3.05) is 13.6 Å². The molecule has 29 heavy (non-hydrogen) atoms. The number of carbonyl (C=O) groups is 2. The normalized spacial score (nSPS) is 30.9. The Labute approximate surface area is 174 Å².